The summed E-state index contributed by atoms with van der Waals surface area (Å²) in [6, 6.07) is 24.9. The zero-order chi connectivity index (χ0) is 19.8. The maximum Gasteiger partial charge on any atom is 0.266 e. The van der Waals surface area contributed by atoms with E-state index in [9.17, 15) is 4.79 Å². The highest BCUT2D eigenvalue weighted by atomic mass is 79.9. The van der Waals surface area contributed by atoms with Crippen molar-refractivity contribution in [2.75, 3.05) is 0 Å². The molecule has 1 unspecified atom stereocenters. The Morgan fingerprint density at radius 1 is 0.931 bits per heavy atom. The van der Waals surface area contributed by atoms with E-state index in [1.54, 1.807) is 10.6 Å². The van der Waals surface area contributed by atoms with Gasteiger partial charge in [-0.05, 0) is 42.0 Å². The molecule has 0 saturated carbocycles. The fourth-order valence-electron chi connectivity index (χ4n) is 3.52. The van der Waals surface area contributed by atoms with E-state index < -0.39 is 6.10 Å². The Bertz CT molecular complexity index is 1280. The van der Waals surface area contributed by atoms with E-state index in [2.05, 4.69) is 21.1 Å². The van der Waals surface area contributed by atoms with E-state index in [1.807, 2.05) is 72.8 Å². The summed E-state index contributed by atoms with van der Waals surface area (Å²) >= 11 is 3.45. The largest absolute Gasteiger partial charge is 0.384 e. The average molecular weight is 446 g/mol. The van der Waals surface area contributed by atoms with E-state index >= 15 is 0 Å². The van der Waals surface area contributed by atoms with Crippen LogP contribution in [-0.2, 0) is 4.84 Å². The number of rotatable bonds is 3. The smallest absolute Gasteiger partial charge is 0.266 e. The second-order valence-electron chi connectivity index (χ2n) is 6.81. The van der Waals surface area contributed by atoms with Crippen molar-refractivity contribution < 1.29 is 4.84 Å². The van der Waals surface area contributed by atoms with E-state index in [0.29, 0.717) is 23.1 Å². The average Bonchev–Trinajstić information content (AvgIpc) is 3.25. The highest BCUT2D eigenvalue weighted by molar-refractivity contribution is 9.10. The lowest BCUT2D eigenvalue weighted by atomic mass is 10.0. The predicted molar refractivity (Wildman–Crippen MR) is 116 cm³/mol. The molecule has 0 fully saturated rings. The zero-order valence-corrected chi connectivity index (χ0v) is 16.9. The van der Waals surface area contributed by atoms with Crippen LogP contribution in [0.5, 0.6) is 0 Å². The fourth-order valence-corrected chi connectivity index (χ4v) is 3.79. The third kappa shape index (κ3) is 3.25. The van der Waals surface area contributed by atoms with Crippen molar-refractivity contribution in [3.63, 3.8) is 0 Å². The minimum atomic E-state index is -0.439. The zero-order valence-electron chi connectivity index (χ0n) is 15.3. The summed E-state index contributed by atoms with van der Waals surface area (Å²) in [6.07, 6.45) is 0.108. The molecular weight excluding hydrogens is 430 g/mol. The second kappa shape index (κ2) is 7.29. The SMILES string of the molecule is O=c1c2ccccc2nc(C2CC(c3ccccc3)=NO2)n1-c1ccc(Br)cc1. The monoisotopic (exact) mass is 445 g/mol. The van der Waals surface area contributed by atoms with Crippen LogP contribution in [0.25, 0.3) is 16.6 Å². The highest BCUT2D eigenvalue weighted by Crippen LogP contribution is 2.30. The van der Waals surface area contributed by atoms with E-state index in [0.717, 1.165) is 21.4 Å². The number of fused-ring (bicyclic) bond motifs is 1. The van der Waals surface area contributed by atoms with Crippen LogP contribution in [0.15, 0.2) is 93.3 Å². The number of hydrogen-bond donors (Lipinski definition) is 0. The van der Waals surface area contributed by atoms with Gasteiger partial charge in [0.25, 0.3) is 5.56 Å². The first-order valence-corrected chi connectivity index (χ1v) is 10.1. The Morgan fingerprint density at radius 2 is 1.66 bits per heavy atom. The lowest BCUT2D eigenvalue weighted by molar-refractivity contribution is 0.0774. The molecule has 1 aliphatic rings. The van der Waals surface area contributed by atoms with Gasteiger partial charge in [0.15, 0.2) is 11.9 Å². The van der Waals surface area contributed by atoms with E-state index in [4.69, 9.17) is 9.82 Å². The Labute approximate surface area is 175 Å². The Balaban J connectivity index is 1.64. The molecule has 29 heavy (non-hydrogen) atoms. The van der Waals surface area contributed by atoms with Gasteiger partial charge in [0.2, 0.25) is 0 Å². The molecule has 0 saturated heterocycles. The van der Waals surface area contributed by atoms with Gasteiger partial charge in [-0.2, -0.15) is 0 Å². The lowest BCUT2D eigenvalue weighted by Gasteiger charge is -2.17. The lowest BCUT2D eigenvalue weighted by Crippen LogP contribution is -2.26. The van der Waals surface area contributed by atoms with Gasteiger partial charge < -0.3 is 4.84 Å². The molecule has 2 heterocycles. The van der Waals surface area contributed by atoms with Gasteiger partial charge in [0, 0.05) is 10.9 Å². The molecule has 3 aromatic carbocycles. The van der Waals surface area contributed by atoms with Gasteiger partial charge in [-0.1, -0.05) is 63.6 Å². The molecule has 6 heteroatoms. The van der Waals surface area contributed by atoms with Gasteiger partial charge in [0.1, 0.15) is 0 Å². The number of aromatic nitrogens is 2. The van der Waals surface area contributed by atoms with Gasteiger partial charge in [0.05, 0.1) is 22.3 Å². The van der Waals surface area contributed by atoms with Crippen molar-refractivity contribution in [1.82, 2.24) is 9.55 Å². The van der Waals surface area contributed by atoms with Crippen LogP contribution in [0.4, 0.5) is 0 Å². The quantitative estimate of drug-likeness (QED) is 0.445. The number of nitrogens with zero attached hydrogens (tertiary/aromatic N) is 3. The van der Waals surface area contributed by atoms with Crippen molar-refractivity contribution in [2.24, 2.45) is 5.16 Å². The molecule has 4 aromatic rings. The maximum absolute atomic E-state index is 13.4. The third-order valence-corrected chi connectivity index (χ3v) is 5.48. The molecule has 1 aromatic heterocycles. The summed E-state index contributed by atoms with van der Waals surface area (Å²) in [7, 11) is 0. The van der Waals surface area contributed by atoms with E-state index in [-0.39, 0.29) is 5.56 Å². The first-order chi connectivity index (χ1) is 14.2. The Kier molecular flexibility index (Phi) is 4.48. The van der Waals surface area contributed by atoms with Crippen molar-refractivity contribution in [2.45, 2.75) is 12.5 Å². The summed E-state index contributed by atoms with van der Waals surface area (Å²) in [5.41, 5.74) is 3.12. The molecule has 0 radical (unpaired) electrons. The first-order valence-electron chi connectivity index (χ1n) is 9.26. The van der Waals surface area contributed by atoms with Crippen molar-refractivity contribution >= 4 is 32.5 Å². The van der Waals surface area contributed by atoms with Crippen molar-refractivity contribution in [3.8, 4) is 5.69 Å². The molecule has 1 aliphatic heterocycles. The molecule has 0 bridgehead atoms. The second-order valence-corrected chi connectivity index (χ2v) is 7.72. The van der Waals surface area contributed by atoms with Crippen LogP contribution >= 0.6 is 15.9 Å². The number of hydrogen-bond acceptors (Lipinski definition) is 4. The number of benzene rings is 3. The maximum atomic E-state index is 13.4. The molecule has 0 amide bonds. The van der Waals surface area contributed by atoms with Crippen LogP contribution in [0, 0.1) is 0 Å². The minimum absolute atomic E-state index is 0.121. The van der Waals surface area contributed by atoms with E-state index in [1.165, 1.54) is 0 Å². The topological polar surface area (TPSA) is 56.5 Å². The molecule has 5 rings (SSSR count). The summed E-state index contributed by atoms with van der Waals surface area (Å²) in [5, 5.41) is 4.85. The summed E-state index contributed by atoms with van der Waals surface area (Å²) < 4.78 is 2.57. The molecule has 0 aliphatic carbocycles. The minimum Gasteiger partial charge on any atom is -0.384 e. The molecule has 0 N–H and O–H groups in total. The summed E-state index contributed by atoms with van der Waals surface area (Å²) in [4.78, 5) is 23.9. The van der Waals surface area contributed by atoms with Crippen LogP contribution in [-0.4, -0.2) is 15.3 Å². The number of oxime groups is 1. The van der Waals surface area contributed by atoms with Gasteiger partial charge in [-0.3, -0.25) is 9.36 Å². The summed E-state index contributed by atoms with van der Waals surface area (Å²) in [6.45, 7) is 0. The first kappa shape index (κ1) is 17.8. The van der Waals surface area contributed by atoms with Crippen LogP contribution in [0.3, 0.4) is 0 Å². The molecular formula is C23H16BrN3O2. The third-order valence-electron chi connectivity index (χ3n) is 4.95. The van der Waals surface area contributed by atoms with Crippen LogP contribution in [0.2, 0.25) is 0 Å². The normalized spacial score (nSPS) is 15.9. The summed E-state index contributed by atoms with van der Waals surface area (Å²) in [5.74, 6) is 0.547. The molecule has 1 atom stereocenters. The highest BCUT2D eigenvalue weighted by Gasteiger charge is 2.29. The predicted octanol–water partition coefficient (Wildman–Crippen LogP) is 5.01. The van der Waals surface area contributed by atoms with Crippen LogP contribution in [0.1, 0.15) is 23.9 Å². The van der Waals surface area contributed by atoms with Crippen molar-refractivity contribution in [3.05, 3.63) is 105 Å². The number of halogens is 1. The molecule has 0 spiro atoms. The molecule has 142 valence electrons. The van der Waals surface area contributed by atoms with Gasteiger partial charge in [-0.25, -0.2) is 4.98 Å². The Morgan fingerprint density at radius 3 is 2.45 bits per heavy atom. The van der Waals surface area contributed by atoms with Gasteiger partial charge in [-0.15, -0.1) is 0 Å². The van der Waals surface area contributed by atoms with Crippen LogP contribution < -0.4 is 5.56 Å². The number of para-hydroxylation sites is 1. The van der Waals surface area contributed by atoms with Gasteiger partial charge >= 0.3 is 0 Å². The fraction of sp³-hybridized carbons (Fsp3) is 0.0870. The standard InChI is InChI=1S/C23H16BrN3O2/c24-16-10-12-17(13-11-16)27-22(25-19-9-5-4-8-18(19)23(27)28)21-14-20(26-29-21)15-6-2-1-3-7-15/h1-13,21H,14H2. The Hall–Kier alpha value is -3.25. The molecule has 5 nitrogen and oxygen atoms in total. The van der Waals surface area contributed by atoms with Crippen molar-refractivity contribution in [1.29, 1.82) is 0 Å².